The molecule has 3 nitrogen and oxygen atoms in total. The van der Waals surface area contributed by atoms with E-state index in [2.05, 4.69) is 41.2 Å². The molecular weight excluding hydrogens is 218 g/mol. The van der Waals surface area contributed by atoms with Crippen molar-refractivity contribution in [1.29, 1.82) is 0 Å². The fourth-order valence-electron chi connectivity index (χ4n) is 1.30. The topological polar surface area (TPSA) is 41.6 Å². The molecule has 0 bridgehead atoms. The van der Waals surface area contributed by atoms with E-state index in [1.165, 1.54) is 4.90 Å². The molecule has 0 atom stereocenters. The Bertz CT molecular complexity index is 437. The quantitative estimate of drug-likeness (QED) is 0.824. The molecule has 84 valence electrons. The molecule has 0 aliphatic heterocycles. The van der Waals surface area contributed by atoms with Crippen molar-refractivity contribution < 1.29 is 0 Å². The summed E-state index contributed by atoms with van der Waals surface area (Å²) < 4.78 is 0. The van der Waals surface area contributed by atoms with Gasteiger partial charge in [-0.2, -0.15) is 5.10 Å². The second-order valence-electron chi connectivity index (χ2n) is 3.90. The minimum atomic E-state index is 0.381. The molecule has 2 rings (SSSR count). The predicted molar refractivity (Wildman–Crippen MR) is 66.5 cm³/mol. The molecule has 1 N–H and O–H groups in total. The zero-order chi connectivity index (χ0) is 11.4. The van der Waals surface area contributed by atoms with Crippen molar-refractivity contribution in [3.05, 3.63) is 42.0 Å². The van der Waals surface area contributed by atoms with Crippen molar-refractivity contribution in [3.8, 4) is 0 Å². The van der Waals surface area contributed by atoms with Gasteiger partial charge in [-0.05, 0) is 12.1 Å². The average Bonchev–Trinajstić information content (AvgIpc) is 2.76. The van der Waals surface area contributed by atoms with Gasteiger partial charge in [-0.1, -0.05) is 32.0 Å². The molecule has 0 aliphatic carbocycles. The van der Waals surface area contributed by atoms with Gasteiger partial charge in [-0.15, -0.1) is 11.8 Å². The molecule has 1 heterocycles. The molecular formula is C12H15N3S. The first kappa shape index (κ1) is 11.2. The van der Waals surface area contributed by atoms with Gasteiger partial charge in [-0.3, -0.25) is 5.10 Å². The normalized spacial score (nSPS) is 10.9. The molecule has 0 fully saturated rings. The maximum Gasteiger partial charge on any atom is 0.153 e. The fraction of sp³-hybridized carbons (Fsp3) is 0.333. The average molecular weight is 233 g/mol. The molecule has 0 radical (unpaired) electrons. The number of rotatable bonds is 4. The van der Waals surface area contributed by atoms with Crippen LogP contribution >= 0.6 is 11.8 Å². The maximum absolute atomic E-state index is 4.44. The van der Waals surface area contributed by atoms with Gasteiger partial charge in [-0.25, -0.2) is 4.98 Å². The molecule has 16 heavy (non-hydrogen) atoms. The first-order valence-electron chi connectivity index (χ1n) is 5.34. The number of H-pyrrole nitrogens is 1. The predicted octanol–water partition coefficient (Wildman–Crippen LogP) is 3.22. The third kappa shape index (κ3) is 2.85. The van der Waals surface area contributed by atoms with E-state index >= 15 is 0 Å². The van der Waals surface area contributed by atoms with Crippen LogP contribution in [0.4, 0.5) is 0 Å². The Labute approximate surface area is 99.7 Å². The van der Waals surface area contributed by atoms with E-state index in [1.54, 1.807) is 11.8 Å². The van der Waals surface area contributed by atoms with Crippen LogP contribution in [0.3, 0.4) is 0 Å². The first-order chi connectivity index (χ1) is 7.75. The highest BCUT2D eigenvalue weighted by atomic mass is 32.2. The molecule has 0 unspecified atom stereocenters. The van der Waals surface area contributed by atoms with Crippen LogP contribution in [0.15, 0.2) is 35.2 Å². The number of nitrogens with zero attached hydrogens (tertiary/aromatic N) is 2. The van der Waals surface area contributed by atoms with Crippen LogP contribution in [-0.2, 0) is 5.75 Å². The molecule has 0 saturated carbocycles. The van der Waals surface area contributed by atoms with Crippen LogP contribution in [0.2, 0.25) is 0 Å². The number of aromatic amines is 1. The van der Waals surface area contributed by atoms with Crippen LogP contribution in [0, 0.1) is 0 Å². The second-order valence-corrected chi connectivity index (χ2v) is 4.95. The summed E-state index contributed by atoms with van der Waals surface area (Å²) in [4.78, 5) is 5.69. The summed E-state index contributed by atoms with van der Waals surface area (Å²) in [5.41, 5.74) is 0. The van der Waals surface area contributed by atoms with Crippen molar-refractivity contribution in [2.24, 2.45) is 0 Å². The first-order valence-corrected chi connectivity index (χ1v) is 6.33. The highest BCUT2D eigenvalue weighted by molar-refractivity contribution is 7.98. The second kappa shape index (κ2) is 5.16. The van der Waals surface area contributed by atoms with E-state index in [0.29, 0.717) is 5.92 Å². The summed E-state index contributed by atoms with van der Waals surface area (Å²) in [5, 5.41) is 7.15. The Hall–Kier alpha value is -1.29. The number of aromatic nitrogens is 3. The van der Waals surface area contributed by atoms with Crippen LogP contribution in [0.25, 0.3) is 0 Å². The number of benzene rings is 1. The van der Waals surface area contributed by atoms with Crippen molar-refractivity contribution in [1.82, 2.24) is 15.2 Å². The van der Waals surface area contributed by atoms with Gasteiger partial charge in [0, 0.05) is 10.8 Å². The summed E-state index contributed by atoms with van der Waals surface area (Å²) in [6.45, 7) is 4.19. The largest absolute Gasteiger partial charge is 0.262 e. The Balaban J connectivity index is 1.95. The number of hydrogen-bond donors (Lipinski definition) is 1. The summed E-state index contributed by atoms with van der Waals surface area (Å²) in [7, 11) is 0. The van der Waals surface area contributed by atoms with E-state index in [1.807, 2.05) is 18.2 Å². The molecule has 0 spiro atoms. The zero-order valence-electron chi connectivity index (χ0n) is 9.47. The smallest absolute Gasteiger partial charge is 0.153 e. The summed E-state index contributed by atoms with van der Waals surface area (Å²) in [6, 6.07) is 10.3. The van der Waals surface area contributed by atoms with Gasteiger partial charge in [0.15, 0.2) is 5.82 Å². The Kier molecular flexibility index (Phi) is 3.62. The van der Waals surface area contributed by atoms with E-state index in [4.69, 9.17) is 0 Å². The third-order valence-electron chi connectivity index (χ3n) is 2.18. The monoisotopic (exact) mass is 233 g/mol. The zero-order valence-corrected chi connectivity index (χ0v) is 10.3. The lowest BCUT2D eigenvalue weighted by atomic mass is 10.2. The standard InChI is InChI=1S/C12H15N3S/c1-9(2)12-13-11(14-15-12)8-16-10-6-4-3-5-7-10/h3-7,9H,8H2,1-2H3,(H,13,14,15). The summed E-state index contributed by atoms with van der Waals surface area (Å²) >= 11 is 1.76. The SMILES string of the molecule is CC(C)c1n[nH]c(CSc2ccccc2)n1. The van der Waals surface area contributed by atoms with Crippen molar-refractivity contribution in [2.45, 2.75) is 30.4 Å². The lowest BCUT2D eigenvalue weighted by molar-refractivity contribution is 0.780. The fourth-order valence-corrected chi connectivity index (χ4v) is 2.08. The van der Waals surface area contributed by atoms with Gasteiger partial charge in [0.25, 0.3) is 0 Å². The Morgan fingerprint density at radius 3 is 2.62 bits per heavy atom. The highest BCUT2D eigenvalue weighted by Gasteiger charge is 2.06. The van der Waals surface area contributed by atoms with E-state index in [9.17, 15) is 0 Å². The van der Waals surface area contributed by atoms with Crippen molar-refractivity contribution >= 4 is 11.8 Å². The number of nitrogens with one attached hydrogen (secondary N) is 1. The number of hydrogen-bond acceptors (Lipinski definition) is 3. The maximum atomic E-state index is 4.44. The summed E-state index contributed by atoms with van der Waals surface area (Å²) in [6.07, 6.45) is 0. The van der Waals surface area contributed by atoms with Gasteiger partial charge in [0.05, 0.1) is 5.75 Å². The van der Waals surface area contributed by atoms with Crippen LogP contribution in [0.1, 0.15) is 31.4 Å². The molecule has 1 aromatic carbocycles. The minimum Gasteiger partial charge on any atom is -0.262 e. The molecule has 2 aromatic rings. The van der Waals surface area contributed by atoms with E-state index in [0.717, 1.165) is 17.4 Å². The van der Waals surface area contributed by atoms with E-state index < -0.39 is 0 Å². The van der Waals surface area contributed by atoms with Crippen LogP contribution in [0.5, 0.6) is 0 Å². The van der Waals surface area contributed by atoms with Gasteiger partial charge in [0.1, 0.15) is 5.82 Å². The van der Waals surface area contributed by atoms with Gasteiger partial charge < -0.3 is 0 Å². The minimum absolute atomic E-state index is 0.381. The lowest BCUT2D eigenvalue weighted by Gasteiger charge is -1.97. The molecule has 4 heteroatoms. The van der Waals surface area contributed by atoms with E-state index in [-0.39, 0.29) is 0 Å². The van der Waals surface area contributed by atoms with Crippen molar-refractivity contribution in [3.63, 3.8) is 0 Å². The number of thioether (sulfide) groups is 1. The van der Waals surface area contributed by atoms with Crippen LogP contribution in [-0.4, -0.2) is 15.2 Å². The van der Waals surface area contributed by atoms with Gasteiger partial charge >= 0.3 is 0 Å². The van der Waals surface area contributed by atoms with Crippen LogP contribution < -0.4 is 0 Å². The summed E-state index contributed by atoms with van der Waals surface area (Å²) in [5.74, 6) is 3.05. The van der Waals surface area contributed by atoms with Crippen molar-refractivity contribution in [2.75, 3.05) is 0 Å². The third-order valence-corrected chi connectivity index (χ3v) is 3.21. The molecule has 0 amide bonds. The highest BCUT2D eigenvalue weighted by Crippen LogP contribution is 2.21. The van der Waals surface area contributed by atoms with Gasteiger partial charge in [0.2, 0.25) is 0 Å². The Morgan fingerprint density at radius 2 is 2.00 bits per heavy atom. The molecule has 0 aliphatic rings. The molecule has 0 saturated heterocycles. The lowest BCUT2D eigenvalue weighted by Crippen LogP contribution is -1.90. The Morgan fingerprint density at radius 1 is 1.25 bits per heavy atom. The molecule has 1 aromatic heterocycles.